The van der Waals surface area contributed by atoms with Crippen molar-refractivity contribution < 1.29 is 19.2 Å². The molecule has 2 N–H and O–H groups in total. The number of nitrogens with zero attached hydrogens (tertiary/aromatic N) is 6. The Morgan fingerprint density at radius 2 is 2.00 bits per heavy atom. The number of hydrogen-bond acceptors (Lipinski definition) is 7. The van der Waals surface area contributed by atoms with Crippen molar-refractivity contribution in [3.63, 3.8) is 0 Å². The van der Waals surface area contributed by atoms with Gasteiger partial charge in [0, 0.05) is 43.2 Å². The normalized spacial score (nSPS) is 21.8. The molecule has 0 radical (unpaired) electrons. The van der Waals surface area contributed by atoms with Gasteiger partial charge in [-0.05, 0) is 43.5 Å². The molecule has 2 atom stereocenters. The van der Waals surface area contributed by atoms with E-state index >= 15 is 0 Å². The van der Waals surface area contributed by atoms with Crippen LogP contribution in [0, 0.1) is 6.92 Å². The SMILES string of the molecule is Cc1cc(C2CCN(C(=O)c3cn(-c4ccc5c(c4)C(=O)N(C4CCC(=O)NC4=O)C5)nn3)C2)n[nH]1. The molecule has 5 heterocycles. The average Bonchev–Trinajstić information content (AvgIpc) is 3.66. The van der Waals surface area contributed by atoms with E-state index in [2.05, 4.69) is 25.8 Å². The summed E-state index contributed by atoms with van der Waals surface area (Å²) in [5.41, 5.74) is 4.03. The van der Waals surface area contributed by atoms with Gasteiger partial charge in [-0.1, -0.05) is 11.3 Å². The molecule has 184 valence electrons. The molecule has 0 aliphatic carbocycles. The number of carbonyl (C=O) groups excluding carboxylic acids is 4. The largest absolute Gasteiger partial charge is 0.337 e. The van der Waals surface area contributed by atoms with Crippen molar-refractivity contribution in [1.82, 2.24) is 40.3 Å². The van der Waals surface area contributed by atoms with E-state index in [0.29, 0.717) is 37.3 Å². The first-order chi connectivity index (χ1) is 17.4. The highest BCUT2D eigenvalue weighted by atomic mass is 16.2. The molecule has 3 aromatic rings. The molecule has 36 heavy (non-hydrogen) atoms. The quantitative estimate of drug-likeness (QED) is 0.514. The first-order valence-corrected chi connectivity index (χ1v) is 11.9. The first kappa shape index (κ1) is 22.1. The van der Waals surface area contributed by atoms with E-state index in [4.69, 9.17) is 0 Å². The Hall–Kier alpha value is -4.35. The monoisotopic (exact) mass is 488 g/mol. The van der Waals surface area contributed by atoms with Crippen molar-refractivity contribution in [2.24, 2.45) is 0 Å². The zero-order chi connectivity index (χ0) is 25.0. The van der Waals surface area contributed by atoms with E-state index in [1.165, 1.54) is 9.58 Å². The van der Waals surface area contributed by atoms with Crippen LogP contribution in [-0.2, 0) is 16.1 Å². The number of carbonyl (C=O) groups is 4. The fourth-order valence-corrected chi connectivity index (χ4v) is 5.17. The fourth-order valence-electron chi connectivity index (χ4n) is 5.17. The molecule has 2 unspecified atom stereocenters. The maximum Gasteiger partial charge on any atom is 0.276 e. The van der Waals surface area contributed by atoms with Crippen LogP contribution in [0.1, 0.15) is 63.0 Å². The summed E-state index contributed by atoms with van der Waals surface area (Å²) in [5, 5.41) is 17.8. The van der Waals surface area contributed by atoms with Crippen LogP contribution in [0.25, 0.3) is 5.69 Å². The molecular weight excluding hydrogens is 464 g/mol. The van der Waals surface area contributed by atoms with Gasteiger partial charge < -0.3 is 9.80 Å². The standard InChI is InChI=1S/C24H24N8O4/c1-13-8-18(27-26-13)15-6-7-30(10-15)24(36)19-12-32(29-28-19)16-3-2-14-11-31(23(35)17(14)9-16)20-4-5-21(33)25-22(20)34/h2-3,8-9,12,15,20H,4-7,10-11H2,1H3,(H,26,27)(H,25,33,34). The van der Waals surface area contributed by atoms with Crippen LogP contribution in [0.15, 0.2) is 30.5 Å². The lowest BCUT2D eigenvalue weighted by atomic mass is 10.0. The van der Waals surface area contributed by atoms with Gasteiger partial charge in [0.05, 0.1) is 17.6 Å². The summed E-state index contributed by atoms with van der Waals surface area (Å²) < 4.78 is 1.47. The smallest absolute Gasteiger partial charge is 0.276 e. The number of H-pyrrole nitrogens is 1. The van der Waals surface area contributed by atoms with Crippen LogP contribution in [0.2, 0.25) is 0 Å². The van der Waals surface area contributed by atoms with Crippen LogP contribution >= 0.6 is 0 Å². The van der Waals surface area contributed by atoms with E-state index in [1.807, 2.05) is 19.1 Å². The molecule has 12 nitrogen and oxygen atoms in total. The van der Waals surface area contributed by atoms with Gasteiger partial charge in [-0.25, -0.2) is 4.68 Å². The van der Waals surface area contributed by atoms with Crippen LogP contribution in [0.3, 0.4) is 0 Å². The number of piperidine rings is 1. The van der Waals surface area contributed by atoms with Crippen molar-refractivity contribution in [3.8, 4) is 5.69 Å². The third kappa shape index (κ3) is 3.74. The molecule has 2 aromatic heterocycles. The molecule has 1 aromatic carbocycles. The summed E-state index contributed by atoms with van der Waals surface area (Å²) in [4.78, 5) is 53.1. The first-order valence-electron chi connectivity index (χ1n) is 11.9. The third-order valence-electron chi connectivity index (χ3n) is 7.11. The van der Waals surface area contributed by atoms with Crippen LogP contribution in [0.5, 0.6) is 0 Å². The molecule has 3 aliphatic rings. The predicted molar refractivity (Wildman–Crippen MR) is 124 cm³/mol. The maximum absolute atomic E-state index is 13.1. The van der Waals surface area contributed by atoms with Gasteiger partial charge in [0.15, 0.2) is 5.69 Å². The minimum Gasteiger partial charge on any atom is -0.337 e. The van der Waals surface area contributed by atoms with Gasteiger partial charge in [-0.2, -0.15) is 5.10 Å². The number of aromatic nitrogens is 5. The highest BCUT2D eigenvalue weighted by molar-refractivity contribution is 6.05. The lowest BCUT2D eigenvalue weighted by molar-refractivity contribution is -0.136. The molecule has 2 fully saturated rings. The summed E-state index contributed by atoms with van der Waals surface area (Å²) in [6.45, 7) is 3.43. The minimum absolute atomic E-state index is 0.184. The second kappa shape index (κ2) is 8.40. The summed E-state index contributed by atoms with van der Waals surface area (Å²) in [7, 11) is 0. The van der Waals surface area contributed by atoms with E-state index in [1.54, 1.807) is 23.2 Å². The van der Waals surface area contributed by atoms with Crippen LogP contribution < -0.4 is 5.32 Å². The Kier molecular flexibility index (Phi) is 5.16. The molecule has 3 aliphatic heterocycles. The topological polar surface area (TPSA) is 146 Å². The molecular formula is C24H24N8O4. The van der Waals surface area contributed by atoms with Gasteiger partial charge in [0.2, 0.25) is 11.8 Å². The Labute approximate surface area is 205 Å². The highest BCUT2D eigenvalue weighted by Gasteiger charge is 2.39. The number of rotatable bonds is 4. The van der Waals surface area contributed by atoms with E-state index in [-0.39, 0.29) is 35.8 Å². The number of benzene rings is 1. The molecule has 4 amide bonds. The number of aryl methyl sites for hydroxylation is 1. The number of fused-ring (bicyclic) bond motifs is 1. The fraction of sp³-hybridized carbons (Fsp3) is 0.375. The van der Waals surface area contributed by atoms with Crippen LogP contribution in [-0.4, -0.2) is 77.8 Å². The maximum atomic E-state index is 13.1. The molecule has 0 spiro atoms. The lowest BCUT2D eigenvalue weighted by Crippen LogP contribution is -2.52. The Morgan fingerprint density at radius 3 is 2.78 bits per heavy atom. The van der Waals surface area contributed by atoms with E-state index < -0.39 is 11.9 Å². The molecule has 6 rings (SSSR count). The van der Waals surface area contributed by atoms with Crippen molar-refractivity contribution in [2.45, 2.75) is 44.7 Å². The second-order valence-corrected chi connectivity index (χ2v) is 9.50. The van der Waals surface area contributed by atoms with Gasteiger partial charge in [-0.15, -0.1) is 5.10 Å². The molecule has 0 saturated carbocycles. The number of likely N-dealkylation sites (tertiary alicyclic amines) is 1. The van der Waals surface area contributed by atoms with Gasteiger partial charge in [0.1, 0.15) is 6.04 Å². The number of hydrogen-bond donors (Lipinski definition) is 2. The average molecular weight is 489 g/mol. The van der Waals surface area contributed by atoms with E-state index in [0.717, 1.165) is 23.4 Å². The van der Waals surface area contributed by atoms with Gasteiger partial charge in [-0.3, -0.25) is 29.6 Å². The van der Waals surface area contributed by atoms with Crippen molar-refractivity contribution >= 4 is 23.6 Å². The minimum atomic E-state index is -0.670. The summed E-state index contributed by atoms with van der Waals surface area (Å²) in [6, 6.07) is 6.64. The number of imide groups is 1. The summed E-state index contributed by atoms with van der Waals surface area (Å²) in [5.74, 6) is -1.05. The summed E-state index contributed by atoms with van der Waals surface area (Å²) >= 11 is 0. The highest BCUT2D eigenvalue weighted by Crippen LogP contribution is 2.30. The lowest BCUT2D eigenvalue weighted by Gasteiger charge is -2.29. The molecule has 12 heteroatoms. The number of aromatic amines is 1. The van der Waals surface area contributed by atoms with Crippen LogP contribution in [0.4, 0.5) is 0 Å². The molecule has 2 saturated heterocycles. The van der Waals surface area contributed by atoms with Crippen molar-refractivity contribution in [2.75, 3.05) is 13.1 Å². The van der Waals surface area contributed by atoms with Gasteiger partial charge >= 0.3 is 0 Å². The van der Waals surface area contributed by atoms with Crippen molar-refractivity contribution in [3.05, 3.63) is 58.7 Å². The molecule has 0 bridgehead atoms. The Balaban J connectivity index is 1.17. The zero-order valence-corrected chi connectivity index (χ0v) is 19.6. The van der Waals surface area contributed by atoms with Crippen molar-refractivity contribution in [1.29, 1.82) is 0 Å². The van der Waals surface area contributed by atoms with E-state index in [9.17, 15) is 19.2 Å². The predicted octanol–water partition coefficient (Wildman–Crippen LogP) is 0.690. The number of nitrogens with one attached hydrogen (secondary N) is 2. The number of amides is 4. The second-order valence-electron chi connectivity index (χ2n) is 9.50. The Morgan fingerprint density at radius 1 is 1.14 bits per heavy atom. The van der Waals surface area contributed by atoms with Gasteiger partial charge in [0.25, 0.3) is 11.8 Å². The Bertz CT molecular complexity index is 1410. The summed E-state index contributed by atoms with van der Waals surface area (Å²) in [6.07, 6.45) is 2.91. The zero-order valence-electron chi connectivity index (χ0n) is 19.6. The third-order valence-corrected chi connectivity index (χ3v) is 7.11.